The van der Waals surface area contributed by atoms with Crippen LogP contribution < -0.4 is 10.6 Å². The van der Waals surface area contributed by atoms with Crippen molar-refractivity contribution in [2.75, 3.05) is 13.1 Å². The Bertz CT molecular complexity index is 341. The predicted molar refractivity (Wildman–Crippen MR) is 92.6 cm³/mol. The standard InChI is InChI=1S/C18H36N2O2/c1-7-18(6,8-2)16(22)20-14-12-10-9-11-13-19-15(21)17(3,4)5/h7-14H2,1-6H3,(H,19,21)(H,20,22). The second-order valence-corrected chi connectivity index (χ2v) is 7.44. The molecule has 22 heavy (non-hydrogen) atoms. The largest absolute Gasteiger partial charge is 0.356 e. The van der Waals surface area contributed by atoms with E-state index in [0.29, 0.717) is 0 Å². The van der Waals surface area contributed by atoms with Crippen molar-refractivity contribution in [3.05, 3.63) is 0 Å². The lowest BCUT2D eigenvalue weighted by atomic mass is 9.84. The molecule has 0 aromatic carbocycles. The smallest absolute Gasteiger partial charge is 0.225 e. The number of hydrogen-bond acceptors (Lipinski definition) is 2. The molecule has 0 aliphatic heterocycles. The molecule has 0 saturated carbocycles. The van der Waals surface area contributed by atoms with Crippen LogP contribution in [-0.2, 0) is 9.59 Å². The van der Waals surface area contributed by atoms with Crippen LogP contribution in [0.5, 0.6) is 0 Å². The van der Waals surface area contributed by atoms with Gasteiger partial charge in [0.05, 0.1) is 0 Å². The molecule has 0 fully saturated rings. The van der Waals surface area contributed by atoms with Crippen LogP contribution in [0.2, 0.25) is 0 Å². The molecule has 0 saturated heterocycles. The van der Waals surface area contributed by atoms with Gasteiger partial charge in [0.25, 0.3) is 0 Å². The minimum absolute atomic E-state index is 0.109. The Morgan fingerprint density at radius 3 is 1.50 bits per heavy atom. The van der Waals surface area contributed by atoms with Crippen LogP contribution in [0.4, 0.5) is 0 Å². The average molecular weight is 312 g/mol. The highest BCUT2D eigenvalue weighted by Crippen LogP contribution is 2.25. The maximum absolute atomic E-state index is 12.1. The number of carbonyl (C=O) groups excluding carboxylic acids is 2. The van der Waals surface area contributed by atoms with Gasteiger partial charge in [0.2, 0.25) is 11.8 Å². The number of nitrogens with one attached hydrogen (secondary N) is 2. The first-order valence-corrected chi connectivity index (χ1v) is 8.74. The Morgan fingerprint density at radius 2 is 1.14 bits per heavy atom. The highest BCUT2D eigenvalue weighted by molar-refractivity contribution is 5.82. The van der Waals surface area contributed by atoms with Crippen molar-refractivity contribution in [3.63, 3.8) is 0 Å². The molecule has 0 aliphatic rings. The number of carbonyl (C=O) groups is 2. The Kier molecular flexibility index (Phi) is 9.38. The van der Waals surface area contributed by atoms with Gasteiger partial charge in [-0.1, -0.05) is 54.4 Å². The van der Waals surface area contributed by atoms with Gasteiger partial charge in [-0.3, -0.25) is 9.59 Å². The maximum atomic E-state index is 12.1. The van der Waals surface area contributed by atoms with E-state index in [-0.39, 0.29) is 22.6 Å². The lowest BCUT2D eigenvalue weighted by Gasteiger charge is -2.25. The summed E-state index contributed by atoms with van der Waals surface area (Å²) in [5.74, 6) is 0.285. The minimum atomic E-state index is -0.310. The van der Waals surface area contributed by atoms with Gasteiger partial charge >= 0.3 is 0 Å². The molecule has 0 radical (unpaired) electrons. The Hall–Kier alpha value is -1.06. The summed E-state index contributed by atoms with van der Waals surface area (Å²) in [6, 6.07) is 0. The molecule has 2 N–H and O–H groups in total. The lowest BCUT2D eigenvalue weighted by molar-refractivity contribution is -0.130. The summed E-state index contributed by atoms with van der Waals surface area (Å²) in [6.45, 7) is 13.4. The molecule has 0 unspecified atom stereocenters. The summed E-state index contributed by atoms with van der Waals surface area (Å²) in [4.78, 5) is 23.7. The zero-order valence-electron chi connectivity index (χ0n) is 15.5. The number of unbranched alkanes of at least 4 members (excludes halogenated alkanes) is 3. The first-order chi connectivity index (χ1) is 10.2. The zero-order chi connectivity index (χ0) is 17.2. The van der Waals surface area contributed by atoms with E-state index < -0.39 is 0 Å². The Morgan fingerprint density at radius 1 is 0.727 bits per heavy atom. The lowest BCUT2D eigenvalue weighted by Crippen LogP contribution is -2.38. The topological polar surface area (TPSA) is 58.2 Å². The van der Waals surface area contributed by atoms with Crippen LogP contribution >= 0.6 is 0 Å². The van der Waals surface area contributed by atoms with E-state index in [4.69, 9.17) is 0 Å². The van der Waals surface area contributed by atoms with E-state index in [9.17, 15) is 9.59 Å². The maximum Gasteiger partial charge on any atom is 0.225 e. The average Bonchev–Trinajstić information content (AvgIpc) is 2.47. The van der Waals surface area contributed by atoms with Crippen LogP contribution in [0, 0.1) is 10.8 Å². The molecule has 0 atom stereocenters. The summed E-state index contributed by atoms with van der Waals surface area (Å²) >= 11 is 0. The molecule has 2 amide bonds. The Labute approximate surface area is 136 Å². The van der Waals surface area contributed by atoms with E-state index in [1.165, 1.54) is 0 Å². The normalized spacial score (nSPS) is 12.1. The molecule has 130 valence electrons. The van der Waals surface area contributed by atoms with Gasteiger partial charge in [-0.2, -0.15) is 0 Å². The van der Waals surface area contributed by atoms with E-state index in [2.05, 4.69) is 24.5 Å². The summed E-state index contributed by atoms with van der Waals surface area (Å²) < 4.78 is 0. The van der Waals surface area contributed by atoms with Gasteiger partial charge in [-0.15, -0.1) is 0 Å². The highest BCUT2D eigenvalue weighted by atomic mass is 16.2. The van der Waals surface area contributed by atoms with Crippen molar-refractivity contribution >= 4 is 11.8 Å². The highest BCUT2D eigenvalue weighted by Gasteiger charge is 2.28. The van der Waals surface area contributed by atoms with Crippen LogP contribution in [0.25, 0.3) is 0 Å². The zero-order valence-corrected chi connectivity index (χ0v) is 15.5. The van der Waals surface area contributed by atoms with Gasteiger partial charge in [0.1, 0.15) is 0 Å². The van der Waals surface area contributed by atoms with Crippen molar-refractivity contribution < 1.29 is 9.59 Å². The summed E-state index contributed by atoms with van der Waals surface area (Å²) in [7, 11) is 0. The summed E-state index contributed by atoms with van der Waals surface area (Å²) in [5.41, 5.74) is -0.535. The second-order valence-electron chi connectivity index (χ2n) is 7.44. The molecule has 0 aliphatic carbocycles. The third-order valence-corrected chi connectivity index (χ3v) is 4.46. The molecular weight excluding hydrogens is 276 g/mol. The van der Waals surface area contributed by atoms with E-state index in [1.54, 1.807) is 0 Å². The van der Waals surface area contributed by atoms with Gasteiger partial charge in [-0.05, 0) is 25.7 Å². The van der Waals surface area contributed by atoms with Gasteiger partial charge in [0.15, 0.2) is 0 Å². The molecule has 0 heterocycles. The Balaban J connectivity index is 3.63. The van der Waals surface area contributed by atoms with Gasteiger partial charge in [0, 0.05) is 23.9 Å². The number of rotatable bonds is 10. The molecule has 4 heteroatoms. The van der Waals surface area contributed by atoms with Crippen LogP contribution in [0.3, 0.4) is 0 Å². The molecule has 4 nitrogen and oxygen atoms in total. The van der Waals surface area contributed by atoms with E-state index in [0.717, 1.165) is 51.6 Å². The SMILES string of the molecule is CCC(C)(CC)C(=O)NCCCCCCNC(=O)C(C)(C)C. The molecular formula is C18H36N2O2. The minimum Gasteiger partial charge on any atom is -0.356 e. The van der Waals surface area contributed by atoms with Crippen LogP contribution in [0.1, 0.15) is 80.1 Å². The quantitative estimate of drug-likeness (QED) is 0.605. The fourth-order valence-corrected chi connectivity index (χ4v) is 2.06. The molecule has 0 aromatic rings. The van der Waals surface area contributed by atoms with Crippen molar-refractivity contribution in [3.8, 4) is 0 Å². The van der Waals surface area contributed by atoms with Gasteiger partial charge in [-0.25, -0.2) is 0 Å². The van der Waals surface area contributed by atoms with Crippen LogP contribution in [0.15, 0.2) is 0 Å². The van der Waals surface area contributed by atoms with E-state index >= 15 is 0 Å². The third-order valence-electron chi connectivity index (χ3n) is 4.46. The molecule has 0 bridgehead atoms. The van der Waals surface area contributed by atoms with Crippen molar-refractivity contribution in [2.45, 2.75) is 80.1 Å². The monoisotopic (exact) mass is 312 g/mol. The first-order valence-electron chi connectivity index (χ1n) is 8.74. The van der Waals surface area contributed by atoms with Crippen molar-refractivity contribution in [1.29, 1.82) is 0 Å². The van der Waals surface area contributed by atoms with Gasteiger partial charge < -0.3 is 10.6 Å². The molecule has 0 rings (SSSR count). The van der Waals surface area contributed by atoms with Crippen molar-refractivity contribution in [2.24, 2.45) is 10.8 Å². The first kappa shape index (κ1) is 20.9. The molecule has 0 spiro atoms. The van der Waals surface area contributed by atoms with E-state index in [1.807, 2.05) is 27.7 Å². The number of amides is 2. The van der Waals surface area contributed by atoms with Crippen LogP contribution in [-0.4, -0.2) is 24.9 Å². The second kappa shape index (κ2) is 9.86. The third kappa shape index (κ3) is 7.81. The fraction of sp³-hybridized carbons (Fsp3) is 0.889. The predicted octanol–water partition coefficient (Wildman–Crippen LogP) is 3.65. The fourth-order valence-electron chi connectivity index (χ4n) is 2.06. The van der Waals surface area contributed by atoms with Crippen molar-refractivity contribution in [1.82, 2.24) is 10.6 Å². The summed E-state index contributed by atoms with van der Waals surface area (Å²) in [5, 5.41) is 6.00. The molecule has 0 aromatic heterocycles. The number of hydrogen-bond donors (Lipinski definition) is 2. The summed E-state index contributed by atoms with van der Waals surface area (Å²) in [6.07, 6.45) is 5.92.